The molecular weight excluding hydrogens is 262 g/mol. The Balaban J connectivity index is 2.02. The summed E-state index contributed by atoms with van der Waals surface area (Å²) in [6, 6.07) is 6.88. The normalized spacial score (nSPS) is 18.4. The highest BCUT2D eigenvalue weighted by atomic mass is 16.5. The van der Waals surface area contributed by atoms with Crippen molar-refractivity contribution >= 4 is 0 Å². The van der Waals surface area contributed by atoms with Crippen LogP contribution in [0.3, 0.4) is 0 Å². The average molecular weight is 291 g/mol. The zero-order chi connectivity index (χ0) is 15.3. The zero-order valence-corrected chi connectivity index (χ0v) is 13.6. The van der Waals surface area contributed by atoms with Crippen molar-refractivity contribution in [3.8, 4) is 5.75 Å². The minimum atomic E-state index is 0.221. The molecule has 1 aromatic carbocycles. The smallest absolute Gasteiger partial charge is 0.119 e. The first kappa shape index (κ1) is 16.3. The highest BCUT2D eigenvalue weighted by molar-refractivity contribution is 5.39. The molecule has 0 saturated heterocycles. The molecule has 0 amide bonds. The Morgan fingerprint density at radius 1 is 1.38 bits per heavy atom. The molecule has 0 aromatic heterocycles. The van der Waals surface area contributed by atoms with Gasteiger partial charge in [-0.05, 0) is 60.8 Å². The second-order valence-electron chi connectivity index (χ2n) is 6.88. The number of fused-ring (bicyclic) bond motifs is 1. The topological polar surface area (TPSA) is 41.5 Å². The third-order valence-corrected chi connectivity index (χ3v) is 4.51. The third-order valence-electron chi connectivity index (χ3n) is 4.51. The third kappa shape index (κ3) is 4.45. The van der Waals surface area contributed by atoms with Crippen LogP contribution in [0.2, 0.25) is 0 Å². The average Bonchev–Trinajstić information content (AvgIpc) is 2.50. The molecule has 2 rings (SSSR count). The molecule has 1 aliphatic rings. The van der Waals surface area contributed by atoms with Crippen molar-refractivity contribution in [1.82, 2.24) is 5.32 Å². The van der Waals surface area contributed by atoms with Crippen molar-refractivity contribution in [2.75, 3.05) is 20.3 Å². The van der Waals surface area contributed by atoms with E-state index < -0.39 is 0 Å². The van der Waals surface area contributed by atoms with Crippen LogP contribution >= 0.6 is 0 Å². The van der Waals surface area contributed by atoms with Gasteiger partial charge in [0.25, 0.3) is 0 Å². The molecule has 2 N–H and O–H groups in total. The summed E-state index contributed by atoms with van der Waals surface area (Å²) in [6.45, 7) is 5.80. The van der Waals surface area contributed by atoms with Crippen molar-refractivity contribution in [2.24, 2.45) is 5.41 Å². The van der Waals surface area contributed by atoms with E-state index >= 15 is 0 Å². The molecule has 1 atom stereocenters. The van der Waals surface area contributed by atoms with Gasteiger partial charge in [0, 0.05) is 19.2 Å². The number of aryl methyl sites for hydroxylation is 1. The summed E-state index contributed by atoms with van der Waals surface area (Å²) < 4.78 is 5.37. The Morgan fingerprint density at radius 2 is 2.19 bits per heavy atom. The number of hydrogen-bond acceptors (Lipinski definition) is 3. The number of methoxy groups -OCH3 is 1. The van der Waals surface area contributed by atoms with Crippen LogP contribution in [0.4, 0.5) is 0 Å². The lowest BCUT2D eigenvalue weighted by molar-refractivity contribution is 0.229. The monoisotopic (exact) mass is 291 g/mol. The van der Waals surface area contributed by atoms with Crippen molar-refractivity contribution in [3.05, 3.63) is 29.3 Å². The number of hydrogen-bond donors (Lipinski definition) is 2. The van der Waals surface area contributed by atoms with Crippen molar-refractivity contribution in [1.29, 1.82) is 0 Å². The van der Waals surface area contributed by atoms with E-state index in [9.17, 15) is 0 Å². The van der Waals surface area contributed by atoms with Crippen LogP contribution in [0.25, 0.3) is 0 Å². The maximum absolute atomic E-state index is 9.00. The Hall–Kier alpha value is -1.06. The van der Waals surface area contributed by atoms with Crippen LogP contribution in [0.5, 0.6) is 5.75 Å². The standard InChI is InChI=1S/C18H29NO2/c1-18(2,10-5-11-20)13-19-17-7-4-6-14-8-9-15(21-3)12-16(14)17/h8-9,12,17,19-20H,4-7,10-11,13H2,1-3H3. The van der Waals surface area contributed by atoms with Gasteiger partial charge in [-0.25, -0.2) is 0 Å². The summed E-state index contributed by atoms with van der Waals surface area (Å²) in [5.41, 5.74) is 3.07. The number of aliphatic hydroxyl groups excluding tert-OH is 1. The van der Waals surface area contributed by atoms with Crippen LogP contribution in [0, 0.1) is 5.41 Å². The first-order valence-electron chi connectivity index (χ1n) is 8.07. The Labute approximate surface area is 128 Å². The molecule has 0 heterocycles. The second-order valence-corrected chi connectivity index (χ2v) is 6.88. The molecule has 1 unspecified atom stereocenters. The Bertz CT molecular complexity index is 457. The molecular formula is C18H29NO2. The van der Waals surface area contributed by atoms with E-state index in [0.717, 1.165) is 25.1 Å². The molecule has 1 aromatic rings. The zero-order valence-electron chi connectivity index (χ0n) is 13.6. The quantitative estimate of drug-likeness (QED) is 0.808. The lowest BCUT2D eigenvalue weighted by Gasteiger charge is -2.32. The number of rotatable bonds is 7. The molecule has 0 bridgehead atoms. The van der Waals surface area contributed by atoms with Crippen LogP contribution < -0.4 is 10.1 Å². The first-order chi connectivity index (χ1) is 10.1. The SMILES string of the molecule is COc1ccc2c(c1)C(NCC(C)(C)CCCO)CCC2. The van der Waals surface area contributed by atoms with Gasteiger partial charge in [-0.3, -0.25) is 0 Å². The Morgan fingerprint density at radius 3 is 2.90 bits per heavy atom. The summed E-state index contributed by atoms with van der Waals surface area (Å²) in [6.07, 6.45) is 5.54. The molecule has 3 nitrogen and oxygen atoms in total. The van der Waals surface area contributed by atoms with Gasteiger partial charge in [-0.15, -0.1) is 0 Å². The summed E-state index contributed by atoms with van der Waals surface area (Å²) in [5, 5.41) is 12.7. The van der Waals surface area contributed by atoms with E-state index in [1.54, 1.807) is 7.11 Å². The summed E-state index contributed by atoms with van der Waals surface area (Å²) in [5.74, 6) is 0.946. The van der Waals surface area contributed by atoms with Gasteiger partial charge >= 0.3 is 0 Å². The molecule has 1 aliphatic carbocycles. The number of ether oxygens (including phenoxy) is 1. The highest BCUT2D eigenvalue weighted by Gasteiger charge is 2.24. The lowest BCUT2D eigenvalue weighted by atomic mass is 9.84. The predicted molar refractivity (Wildman–Crippen MR) is 86.8 cm³/mol. The summed E-state index contributed by atoms with van der Waals surface area (Å²) >= 11 is 0. The van der Waals surface area contributed by atoms with Gasteiger partial charge < -0.3 is 15.2 Å². The Kier molecular flexibility index (Phi) is 5.65. The number of benzene rings is 1. The summed E-state index contributed by atoms with van der Waals surface area (Å²) in [7, 11) is 1.73. The van der Waals surface area contributed by atoms with E-state index in [-0.39, 0.29) is 12.0 Å². The fourth-order valence-electron chi connectivity index (χ4n) is 3.16. The van der Waals surface area contributed by atoms with Crippen molar-refractivity contribution in [2.45, 2.75) is 52.0 Å². The summed E-state index contributed by atoms with van der Waals surface area (Å²) in [4.78, 5) is 0. The van der Waals surface area contributed by atoms with Crippen LogP contribution in [0.15, 0.2) is 18.2 Å². The minimum absolute atomic E-state index is 0.221. The van der Waals surface area contributed by atoms with Crippen LogP contribution in [-0.4, -0.2) is 25.4 Å². The second kappa shape index (κ2) is 7.28. The predicted octanol–water partition coefficient (Wildman–Crippen LogP) is 3.46. The maximum atomic E-state index is 9.00. The van der Waals surface area contributed by atoms with E-state index in [1.807, 2.05) is 0 Å². The van der Waals surface area contributed by atoms with Crippen molar-refractivity contribution < 1.29 is 9.84 Å². The minimum Gasteiger partial charge on any atom is -0.497 e. The molecule has 118 valence electrons. The lowest BCUT2D eigenvalue weighted by Crippen LogP contribution is -2.34. The molecule has 0 fully saturated rings. The van der Waals surface area contributed by atoms with Gasteiger partial charge in [0.15, 0.2) is 0 Å². The largest absolute Gasteiger partial charge is 0.497 e. The van der Waals surface area contributed by atoms with Gasteiger partial charge in [0.2, 0.25) is 0 Å². The molecule has 0 radical (unpaired) electrons. The van der Waals surface area contributed by atoms with Crippen LogP contribution in [-0.2, 0) is 6.42 Å². The van der Waals surface area contributed by atoms with Gasteiger partial charge in [0.1, 0.15) is 5.75 Å². The first-order valence-corrected chi connectivity index (χ1v) is 8.07. The number of aliphatic hydroxyl groups is 1. The molecule has 21 heavy (non-hydrogen) atoms. The van der Waals surface area contributed by atoms with Crippen LogP contribution in [0.1, 0.15) is 56.7 Å². The van der Waals surface area contributed by atoms with E-state index in [1.165, 1.54) is 30.4 Å². The van der Waals surface area contributed by atoms with E-state index in [4.69, 9.17) is 9.84 Å². The molecule has 0 aliphatic heterocycles. The molecule has 3 heteroatoms. The number of nitrogens with one attached hydrogen (secondary N) is 1. The van der Waals surface area contributed by atoms with E-state index in [2.05, 4.69) is 37.4 Å². The van der Waals surface area contributed by atoms with Gasteiger partial charge in [-0.2, -0.15) is 0 Å². The highest BCUT2D eigenvalue weighted by Crippen LogP contribution is 2.33. The maximum Gasteiger partial charge on any atom is 0.119 e. The van der Waals surface area contributed by atoms with Gasteiger partial charge in [0.05, 0.1) is 7.11 Å². The van der Waals surface area contributed by atoms with Gasteiger partial charge in [-0.1, -0.05) is 19.9 Å². The molecule has 0 saturated carbocycles. The fraction of sp³-hybridized carbons (Fsp3) is 0.667. The van der Waals surface area contributed by atoms with Crippen molar-refractivity contribution in [3.63, 3.8) is 0 Å². The van der Waals surface area contributed by atoms with E-state index in [0.29, 0.717) is 6.04 Å². The molecule has 0 spiro atoms. The fourth-order valence-corrected chi connectivity index (χ4v) is 3.16.